The topological polar surface area (TPSA) is 24.9 Å². The van der Waals surface area contributed by atoms with Gasteiger partial charge < -0.3 is 8.85 Å². The summed E-state index contributed by atoms with van der Waals surface area (Å²) in [4.78, 5) is 0. The minimum Gasteiger partial charge on any atom is -0.478 e. The second-order valence-corrected chi connectivity index (χ2v) is 14.2. The normalized spacial score (nSPS) is 14.7. The van der Waals surface area contributed by atoms with Crippen molar-refractivity contribution in [3.05, 3.63) is 158 Å². The van der Waals surface area contributed by atoms with E-state index in [1.54, 1.807) is 0 Å². The molecule has 0 atom stereocenters. The number of anilines is 4. The minimum absolute atomic E-state index is 0.830. The molecular formula is C40H26N2O2Si. The van der Waals surface area contributed by atoms with Gasteiger partial charge in [0.2, 0.25) is 0 Å². The van der Waals surface area contributed by atoms with Gasteiger partial charge in [-0.05, 0) is 68.7 Å². The zero-order chi connectivity index (χ0) is 29.5. The van der Waals surface area contributed by atoms with Crippen LogP contribution in [0.15, 0.2) is 158 Å². The van der Waals surface area contributed by atoms with Crippen molar-refractivity contribution in [2.24, 2.45) is 0 Å². The van der Waals surface area contributed by atoms with E-state index < -0.39 is 8.88 Å². The third kappa shape index (κ3) is 3.47. The highest BCUT2D eigenvalue weighted by Crippen LogP contribution is 2.57. The lowest BCUT2D eigenvalue weighted by atomic mass is 10.1. The van der Waals surface area contributed by atoms with Crippen LogP contribution in [0, 0.1) is 0 Å². The third-order valence-electron chi connectivity index (χ3n) is 9.20. The molecule has 2 heterocycles. The Labute approximate surface area is 261 Å². The predicted molar refractivity (Wildman–Crippen MR) is 187 cm³/mol. The second-order valence-electron chi connectivity index (χ2n) is 11.8. The summed E-state index contributed by atoms with van der Waals surface area (Å²) in [6.45, 7) is 0. The molecule has 0 fully saturated rings. The van der Waals surface area contributed by atoms with Crippen LogP contribution in [0.3, 0.4) is 0 Å². The SMILES string of the molecule is c1ccc2cc3c(cc2c1)O[Si]1(Oc2cc4ccccc4cc2N1c1cccc2ccccc12)N3c1cccc2ccccc12. The lowest BCUT2D eigenvalue weighted by molar-refractivity contribution is 0.414. The molecule has 0 N–H and O–H groups in total. The monoisotopic (exact) mass is 594 g/mol. The molecule has 0 amide bonds. The van der Waals surface area contributed by atoms with Gasteiger partial charge >= 0.3 is 8.88 Å². The molecule has 10 rings (SSSR count). The van der Waals surface area contributed by atoms with Crippen molar-refractivity contribution >= 4 is 74.7 Å². The maximum atomic E-state index is 7.37. The Morgan fingerprint density at radius 1 is 0.333 bits per heavy atom. The fourth-order valence-electron chi connectivity index (χ4n) is 7.19. The van der Waals surface area contributed by atoms with Crippen molar-refractivity contribution in [3.8, 4) is 11.5 Å². The Morgan fingerprint density at radius 3 is 1.13 bits per heavy atom. The van der Waals surface area contributed by atoms with Gasteiger partial charge in [0.05, 0.1) is 11.4 Å². The summed E-state index contributed by atoms with van der Waals surface area (Å²) in [5.74, 6) is 1.66. The zero-order valence-electron chi connectivity index (χ0n) is 24.2. The first-order valence-corrected chi connectivity index (χ1v) is 17.0. The molecule has 8 aromatic rings. The smallest absolute Gasteiger partial charge is 0.478 e. The summed E-state index contributed by atoms with van der Waals surface area (Å²) < 4.78 is 19.5. The van der Waals surface area contributed by atoms with Gasteiger partial charge in [-0.15, -0.1) is 0 Å². The Kier molecular flexibility index (Phi) is 4.99. The average molecular weight is 595 g/mol. The third-order valence-corrected chi connectivity index (χ3v) is 12.3. The number of fused-ring (bicyclic) bond motifs is 6. The van der Waals surface area contributed by atoms with E-state index in [9.17, 15) is 0 Å². The van der Waals surface area contributed by atoms with E-state index in [2.05, 4.69) is 167 Å². The van der Waals surface area contributed by atoms with E-state index in [-0.39, 0.29) is 0 Å². The molecule has 1 spiro atoms. The minimum atomic E-state index is -3.59. The molecule has 0 saturated heterocycles. The molecule has 2 aliphatic heterocycles. The summed E-state index contributed by atoms with van der Waals surface area (Å²) in [7, 11) is -3.59. The van der Waals surface area contributed by atoms with Crippen molar-refractivity contribution in [3.63, 3.8) is 0 Å². The van der Waals surface area contributed by atoms with Crippen LogP contribution in [0.2, 0.25) is 0 Å². The molecule has 0 aromatic heterocycles. The molecule has 5 heteroatoms. The van der Waals surface area contributed by atoms with Gasteiger partial charge in [-0.2, -0.15) is 0 Å². The van der Waals surface area contributed by atoms with Crippen LogP contribution in [0.5, 0.6) is 11.5 Å². The van der Waals surface area contributed by atoms with Crippen LogP contribution >= 0.6 is 0 Å². The largest absolute Gasteiger partial charge is 0.734 e. The van der Waals surface area contributed by atoms with Crippen LogP contribution in [0.25, 0.3) is 43.1 Å². The van der Waals surface area contributed by atoms with E-state index in [1.165, 1.54) is 10.8 Å². The predicted octanol–water partition coefficient (Wildman–Crippen LogP) is 10.5. The molecular weight excluding hydrogens is 569 g/mol. The van der Waals surface area contributed by atoms with Gasteiger partial charge in [0, 0.05) is 22.1 Å². The van der Waals surface area contributed by atoms with E-state index in [1.807, 2.05) is 0 Å². The van der Waals surface area contributed by atoms with Gasteiger partial charge in [0.15, 0.2) is 0 Å². The quantitative estimate of drug-likeness (QED) is 0.186. The molecule has 0 aliphatic carbocycles. The highest BCUT2D eigenvalue weighted by Gasteiger charge is 2.68. The van der Waals surface area contributed by atoms with E-state index >= 15 is 0 Å². The van der Waals surface area contributed by atoms with Gasteiger partial charge in [0.1, 0.15) is 11.5 Å². The average Bonchev–Trinajstić information content (AvgIpc) is 3.57. The molecule has 45 heavy (non-hydrogen) atoms. The van der Waals surface area contributed by atoms with Crippen molar-refractivity contribution < 1.29 is 8.85 Å². The Morgan fingerprint density at radius 2 is 0.689 bits per heavy atom. The summed E-state index contributed by atoms with van der Waals surface area (Å²) in [5, 5.41) is 9.25. The first kappa shape index (κ1) is 24.6. The molecule has 0 bridgehead atoms. The maximum absolute atomic E-state index is 7.37. The van der Waals surface area contributed by atoms with Crippen molar-refractivity contribution in [2.45, 2.75) is 0 Å². The summed E-state index contributed by atoms with van der Waals surface area (Å²) in [6.07, 6.45) is 0. The fourth-order valence-corrected chi connectivity index (χ4v) is 10.7. The Balaban J connectivity index is 1.33. The van der Waals surface area contributed by atoms with Gasteiger partial charge in [-0.25, -0.2) is 0 Å². The lowest BCUT2D eigenvalue weighted by Crippen LogP contribution is -2.67. The van der Waals surface area contributed by atoms with Gasteiger partial charge in [-0.3, -0.25) is 9.13 Å². The number of nitrogens with zero attached hydrogens (tertiary/aromatic N) is 2. The second kappa shape index (κ2) is 9.11. The number of hydrogen-bond donors (Lipinski definition) is 0. The fraction of sp³-hybridized carbons (Fsp3) is 0. The standard InChI is InChI=1S/C40H26N2O2Si/c1-3-15-31-25-39-37(23-29(31)13-1)41(35-21-9-17-27-11-5-7-19-33(27)35)45(43-39)42(36-22-10-18-28-12-6-8-20-34(28)36)38-24-30-14-2-4-16-32(30)26-40(38)44-45/h1-26H. The molecule has 212 valence electrons. The number of rotatable bonds is 2. The number of benzene rings is 8. The van der Waals surface area contributed by atoms with Crippen LogP contribution < -0.4 is 18.0 Å². The van der Waals surface area contributed by atoms with Crippen molar-refractivity contribution in [2.75, 3.05) is 9.13 Å². The van der Waals surface area contributed by atoms with Crippen LogP contribution in [-0.2, 0) is 0 Å². The van der Waals surface area contributed by atoms with E-state index in [0.717, 1.165) is 66.6 Å². The summed E-state index contributed by atoms with van der Waals surface area (Å²) in [5.41, 5.74) is 4.16. The zero-order valence-corrected chi connectivity index (χ0v) is 25.2. The van der Waals surface area contributed by atoms with Crippen molar-refractivity contribution in [1.82, 2.24) is 0 Å². The van der Waals surface area contributed by atoms with Gasteiger partial charge in [0.25, 0.3) is 0 Å². The molecule has 4 nitrogen and oxygen atoms in total. The number of hydrogen-bond acceptors (Lipinski definition) is 4. The first-order valence-electron chi connectivity index (χ1n) is 15.3. The highest BCUT2D eigenvalue weighted by atomic mass is 28.4. The summed E-state index contributed by atoms with van der Waals surface area (Å²) in [6, 6.07) is 56.0. The summed E-state index contributed by atoms with van der Waals surface area (Å²) >= 11 is 0. The van der Waals surface area contributed by atoms with E-state index in [4.69, 9.17) is 8.85 Å². The maximum Gasteiger partial charge on any atom is 0.734 e. The van der Waals surface area contributed by atoms with E-state index in [0.29, 0.717) is 0 Å². The molecule has 8 aromatic carbocycles. The highest BCUT2D eigenvalue weighted by molar-refractivity contribution is 6.82. The molecule has 0 unspecified atom stereocenters. The Bertz CT molecular complexity index is 2310. The van der Waals surface area contributed by atoms with Crippen LogP contribution in [-0.4, -0.2) is 8.88 Å². The van der Waals surface area contributed by atoms with Crippen LogP contribution in [0.1, 0.15) is 0 Å². The molecule has 0 saturated carbocycles. The molecule has 0 radical (unpaired) electrons. The molecule has 2 aliphatic rings. The first-order chi connectivity index (χ1) is 22.3. The Hall–Kier alpha value is -5.78. The van der Waals surface area contributed by atoms with Crippen molar-refractivity contribution in [1.29, 1.82) is 0 Å². The van der Waals surface area contributed by atoms with Crippen LogP contribution in [0.4, 0.5) is 22.7 Å². The lowest BCUT2D eigenvalue weighted by Gasteiger charge is -2.36. The van der Waals surface area contributed by atoms with Gasteiger partial charge in [-0.1, -0.05) is 121 Å².